The van der Waals surface area contributed by atoms with E-state index < -0.39 is 0 Å². The normalized spacial score (nSPS) is 10.2. The van der Waals surface area contributed by atoms with Crippen molar-refractivity contribution in [3.63, 3.8) is 0 Å². The van der Waals surface area contributed by atoms with Crippen molar-refractivity contribution < 1.29 is 4.74 Å². The van der Waals surface area contributed by atoms with Crippen LogP contribution >= 0.6 is 11.6 Å². The van der Waals surface area contributed by atoms with E-state index in [1.807, 2.05) is 42.5 Å². The van der Waals surface area contributed by atoms with Gasteiger partial charge in [-0.1, -0.05) is 54.1 Å². The third-order valence-corrected chi connectivity index (χ3v) is 3.07. The van der Waals surface area contributed by atoms with Gasteiger partial charge in [0.2, 0.25) is 5.88 Å². The SMILES string of the molecule is Clc1ccccc1Oc1cc(-c2ccccc2)ncn1. The standard InChI is InChI=1S/C16H11ClN2O/c17-13-8-4-5-9-15(13)20-16-10-14(18-11-19-16)12-6-2-1-3-7-12/h1-11H. The van der Waals surface area contributed by atoms with Crippen molar-refractivity contribution in [1.82, 2.24) is 9.97 Å². The van der Waals surface area contributed by atoms with Crippen LogP contribution in [0, 0.1) is 0 Å². The van der Waals surface area contributed by atoms with Crippen molar-refractivity contribution in [2.45, 2.75) is 0 Å². The maximum Gasteiger partial charge on any atom is 0.222 e. The smallest absolute Gasteiger partial charge is 0.222 e. The Morgan fingerprint density at radius 1 is 0.850 bits per heavy atom. The molecule has 20 heavy (non-hydrogen) atoms. The summed E-state index contributed by atoms with van der Waals surface area (Å²) in [7, 11) is 0. The summed E-state index contributed by atoms with van der Waals surface area (Å²) in [6, 6.07) is 18.9. The molecule has 0 aliphatic carbocycles. The highest BCUT2D eigenvalue weighted by Crippen LogP contribution is 2.29. The molecule has 98 valence electrons. The quantitative estimate of drug-likeness (QED) is 0.705. The maximum absolute atomic E-state index is 6.06. The number of hydrogen-bond acceptors (Lipinski definition) is 3. The molecule has 0 spiro atoms. The van der Waals surface area contributed by atoms with Crippen molar-refractivity contribution in [3.05, 3.63) is 72.0 Å². The minimum Gasteiger partial charge on any atom is -0.437 e. The van der Waals surface area contributed by atoms with Crippen LogP contribution in [0.5, 0.6) is 11.6 Å². The van der Waals surface area contributed by atoms with E-state index in [-0.39, 0.29) is 0 Å². The fraction of sp³-hybridized carbons (Fsp3) is 0. The highest BCUT2D eigenvalue weighted by atomic mass is 35.5. The first-order chi connectivity index (χ1) is 9.83. The van der Waals surface area contributed by atoms with Gasteiger partial charge in [-0.2, -0.15) is 0 Å². The molecule has 0 amide bonds. The Kier molecular flexibility index (Phi) is 3.61. The first-order valence-electron chi connectivity index (χ1n) is 6.13. The molecule has 3 aromatic rings. The molecule has 3 rings (SSSR count). The second-order valence-corrected chi connectivity index (χ2v) is 4.55. The van der Waals surface area contributed by atoms with Crippen molar-refractivity contribution in [2.24, 2.45) is 0 Å². The lowest BCUT2D eigenvalue weighted by Crippen LogP contribution is -1.91. The van der Waals surface area contributed by atoms with E-state index in [4.69, 9.17) is 16.3 Å². The van der Waals surface area contributed by atoms with Crippen LogP contribution in [-0.2, 0) is 0 Å². The Morgan fingerprint density at radius 3 is 2.40 bits per heavy atom. The molecule has 1 heterocycles. The predicted octanol–water partition coefficient (Wildman–Crippen LogP) is 4.59. The van der Waals surface area contributed by atoms with Crippen LogP contribution in [0.1, 0.15) is 0 Å². The number of rotatable bonds is 3. The van der Waals surface area contributed by atoms with Gasteiger partial charge in [-0.3, -0.25) is 0 Å². The fourth-order valence-corrected chi connectivity index (χ4v) is 1.98. The number of ether oxygens (including phenoxy) is 1. The topological polar surface area (TPSA) is 35.0 Å². The molecule has 3 nitrogen and oxygen atoms in total. The van der Waals surface area contributed by atoms with E-state index in [1.165, 1.54) is 6.33 Å². The zero-order chi connectivity index (χ0) is 13.8. The molecule has 0 atom stereocenters. The van der Waals surface area contributed by atoms with Gasteiger partial charge in [-0.05, 0) is 12.1 Å². The van der Waals surface area contributed by atoms with Crippen LogP contribution in [0.25, 0.3) is 11.3 Å². The third kappa shape index (κ3) is 2.78. The van der Waals surface area contributed by atoms with E-state index in [1.54, 1.807) is 18.2 Å². The first kappa shape index (κ1) is 12.6. The average molecular weight is 283 g/mol. The molecular formula is C16H11ClN2O. The number of nitrogens with zero attached hydrogens (tertiary/aromatic N) is 2. The van der Waals surface area contributed by atoms with Gasteiger partial charge in [0.1, 0.15) is 12.1 Å². The number of hydrogen-bond donors (Lipinski definition) is 0. The minimum atomic E-state index is 0.465. The van der Waals surface area contributed by atoms with Gasteiger partial charge < -0.3 is 4.74 Å². The number of benzene rings is 2. The lowest BCUT2D eigenvalue weighted by atomic mass is 10.1. The Hall–Kier alpha value is -2.39. The van der Waals surface area contributed by atoms with E-state index >= 15 is 0 Å². The monoisotopic (exact) mass is 282 g/mol. The second-order valence-electron chi connectivity index (χ2n) is 4.14. The van der Waals surface area contributed by atoms with Crippen LogP contribution in [0.15, 0.2) is 67.0 Å². The Balaban J connectivity index is 1.91. The largest absolute Gasteiger partial charge is 0.437 e. The molecule has 4 heteroatoms. The van der Waals surface area contributed by atoms with Gasteiger partial charge in [0.15, 0.2) is 0 Å². The van der Waals surface area contributed by atoms with E-state index in [2.05, 4.69) is 9.97 Å². The molecule has 0 fully saturated rings. The fourth-order valence-electron chi connectivity index (χ4n) is 1.80. The van der Waals surface area contributed by atoms with E-state index in [0.29, 0.717) is 16.7 Å². The zero-order valence-electron chi connectivity index (χ0n) is 10.5. The van der Waals surface area contributed by atoms with E-state index in [0.717, 1.165) is 11.3 Å². The van der Waals surface area contributed by atoms with Gasteiger partial charge >= 0.3 is 0 Å². The van der Waals surface area contributed by atoms with Gasteiger partial charge in [0, 0.05) is 11.6 Å². The summed E-state index contributed by atoms with van der Waals surface area (Å²) in [5.74, 6) is 1.04. The summed E-state index contributed by atoms with van der Waals surface area (Å²) < 4.78 is 5.69. The number of aromatic nitrogens is 2. The third-order valence-electron chi connectivity index (χ3n) is 2.76. The average Bonchev–Trinajstić information content (AvgIpc) is 2.51. The van der Waals surface area contributed by atoms with Gasteiger partial charge in [-0.25, -0.2) is 9.97 Å². The van der Waals surface area contributed by atoms with Gasteiger partial charge in [-0.15, -0.1) is 0 Å². The lowest BCUT2D eigenvalue weighted by molar-refractivity contribution is 0.462. The molecule has 0 aliphatic heterocycles. The summed E-state index contributed by atoms with van der Waals surface area (Å²) >= 11 is 6.06. The molecule has 0 unspecified atom stereocenters. The number of para-hydroxylation sites is 1. The Labute approximate surface area is 121 Å². The summed E-state index contributed by atoms with van der Waals surface area (Å²) in [6.45, 7) is 0. The summed E-state index contributed by atoms with van der Waals surface area (Å²) in [4.78, 5) is 8.36. The van der Waals surface area contributed by atoms with Crippen LogP contribution in [-0.4, -0.2) is 9.97 Å². The lowest BCUT2D eigenvalue weighted by Gasteiger charge is -2.07. The highest BCUT2D eigenvalue weighted by molar-refractivity contribution is 6.32. The molecular weight excluding hydrogens is 272 g/mol. The Morgan fingerprint density at radius 2 is 1.60 bits per heavy atom. The molecule has 0 bridgehead atoms. The van der Waals surface area contributed by atoms with Gasteiger partial charge in [0.25, 0.3) is 0 Å². The van der Waals surface area contributed by atoms with Gasteiger partial charge in [0.05, 0.1) is 10.7 Å². The summed E-state index contributed by atoms with van der Waals surface area (Å²) in [5, 5.41) is 0.548. The van der Waals surface area contributed by atoms with Crippen molar-refractivity contribution >= 4 is 11.6 Å². The Bertz CT molecular complexity index is 716. The zero-order valence-corrected chi connectivity index (χ0v) is 11.3. The van der Waals surface area contributed by atoms with Crippen LogP contribution < -0.4 is 4.74 Å². The molecule has 0 aliphatic rings. The molecule has 0 N–H and O–H groups in total. The van der Waals surface area contributed by atoms with Crippen LogP contribution in [0.2, 0.25) is 5.02 Å². The first-order valence-corrected chi connectivity index (χ1v) is 6.50. The van der Waals surface area contributed by atoms with E-state index in [9.17, 15) is 0 Å². The van der Waals surface area contributed by atoms with Crippen LogP contribution in [0.3, 0.4) is 0 Å². The molecule has 0 saturated heterocycles. The maximum atomic E-state index is 6.06. The predicted molar refractivity (Wildman–Crippen MR) is 79.0 cm³/mol. The van der Waals surface area contributed by atoms with Crippen molar-refractivity contribution in [1.29, 1.82) is 0 Å². The minimum absolute atomic E-state index is 0.465. The molecule has 0 radical (unpaired) electrons. The van der Waals surface area contributed by atoms with Crippen molar-refractivity contribution in [2.75, 3.05) is 0 Å². The summed E-state index contributed by atoms with van der Waals surface area (Å²) in [6.07, 6.45) is 1.48. The second kappa shape index (κ2) is 5.72. The van der Waals surface area contributed by atoms with Crippen LogP contribution in [0.4, 0.5) is 0 Å². The molecule has 1 aromatic heterocycles. The highest BCUT2D eigenvalue weighted by Gasteiger charge is 2.05. The summed E-state index contributed by atoms with van der Waals surface area (Å²) in [5.41, 5.74) is 1.82. The molecule has 0 saturated carbocycles. The molecule has 2 aromatic carbocycles. The number of halogens is 1. The van der Waals surface area contributed by atoms with Crippen molar-refractivity contribution in [3.8, 4) is 22.9 Å².